The van der Waals surface area contributed by atoms with Crippen LogP contribution in [0.15, 0.2) is 48.1 Å². The molecule has 0 spiro atoms. The summed E-state index contributed by atoms with van der Waals surface area (Å²) in [5.74, 6) is 0.688. The number of amides is 2. The number of nitrogens with one attached hydrogen (secondary N) is 1. The van der Waals surface area contributed by atoms with Crippen LogP contribution in [-0.4, -0.2) is 70.9 Å². The normalized spacial score (nSPS) is 17.5. The van der Waals surface area contributed by atoms with Gasteiger partial charge in [-0.25, -0.2) is 14.8 Å². The minimum atomic E-state index is -0.0486. The van der Waals surface area contributed by atoms with E-state index >= 15 is 0 Å². The number of hydrogen-bond donors (Lipinski definition) is 2. The molecule has 2 saturated heterocycles. The van der Waals surface area contributed by atoms with Crippen LogP contribution in [0.4, 0.5) is 10.5 Å². The Balaban J connectivity index is 1.17. The van der Waals surface area contributed by atoms with Crippen molar-refractivity contribution in [3.8, 4) is 10.4 Å². The van der Waals surface area contributed by atoms with Gasteiger partial charge >= 0.3 is 6.03 Å². The Labute approximate surface area is 221 Å². The lowest BCUT2D eigenvalue weighted by molar-refractivity contribution is 0.0992. The summed E-state index contributed by atoms with van der Waals surface area (Å²) in [6, 6.07) is 10.1. The van der Waals surface area contributed by atoms with Crippen molar-refractivity contribution < 1.29 is 9.59 Å². The van der Waals surface area contributed by atoms with Crippen LogP contribution in [0, 0.1) is 5.41 Å². The van der Waals surface area contributed by atoms with Gasteiger partial charge in [0, 0.05) is 75.1 Å². The van der Waals surface area contributed by atoms with E-state index in [0.29, 0.717) is 11.3 Å². The minimum Gasteiger partial charge on any atom is -0.398 e. The molecule has 1 aromatic carbocycles. The molecule has 0 saturated carbocycles. The zero-order valence-electron chi connectivity index (χ0n) is 21.3. The molecule has 0 bridgehead atoms. The van der Waals surface area contributed by atoms with Gasteiger partial charge in [-0.2, -0.15) is 0 Å². The van der Waals surface area contributed by atoms with E-state index in [1.165, 1.54) is 0 Å². The smallest absolute Gasteiger partial charge is 0.320 e. The SMILES string of the molecule is CC1(Cc2ncc(C(=O)Cc3cc(-c4cccs4)ccc3N)cn2)CCN(C(=O)N2CCNCC2)CC1. The first-order valence-corrected chi connectivity index (χ1v) is 13.8. The van der Waals surface area contributed by atoms with Crippen molar-refractivity contribution in [1.29, 1.82) is 0 Å². The minimum absolute atomic E-state index is 0.0302. The highest BCUT2D eigenvalue weighted by atomic mass is 32.1. The average molecular weight is 519 g/mol. The molecule has 4 heterocycles. The quantitative estimate of drug-likeness (QED) is 0.379. The third kappa shape index (κ3) is 5.99. The first-order valence-electron chi connectivity index (χ1n) is 12.9. The number of anilines is 1. The van der Waals surface area contributed by atoms with Gasteiger partial charge in [0.1, 0.15) is 5.82 Å². The fourth-order valence-electron chi connectivity index (χ4n) is 5.07. The molecule has 0 atom stereocenters. The molecule has 2 amide bonds. The molecule has 2 fully saturated rings. The number of aromatic nitrogens is 2. The second-order valence-corrected chi connectivity index (χ2v) is 11.3. The molecule has 3 N–H and O–H groups in total. The van der Waals surface area contributed by atoms with Crippen LogP contribution in [0.1, 0.15) is 41.5 Å². The van der Waals surface area contributed by atoms with E-state index in [1.807, 2.05) is 39.4 Å². The van der Waals surface area contributed by atoms with Crippen LogP contribution in [0.3, 0.4) is 0 Å². The summed E-state index contributed by atoms with van der Waals surface area (Å²) in [6.45, 7) is 7.02. The number of carbonyl (C=O) groups excluding carboxylic acids is 2. The first kappa shape index (κ1) is 25.4. The molecule has 8 nitrogen and oxygen atoms in total. The average Bonchev–Trinajstić information content (AvgIpc) is 3.46. The maximum atomic E-state index is 13.0. The van der Waals surface area contributed by atoms with E-state index in [9.17, 15) is 9.59 Å². The Morgan fingerprint density at radius 1 is 1.05 bits per heavy atom. The summed E-state index contributed by atoms with van der Waals surface area (Å²) < 4.78 is 0. The maximum Gasteiger partial charge on any atom is 0.320 e. The second-order valence-electron chi connectivity index (χ2n) is 10.4. The highest BCUT2D eigenvalue weighted by Gasteiger charge is 2.34. The van der Waals surface area contributed by atoms with Crippen molar-refractivity contribution in [2.45, 2.75) is 32.6 Å². The molecule has 2 aliphatic rings. The number of urea groups is 1. The van der Waals surface area contributed by atoms with Gasteiger partial charge in [0.2, 0.25) is 0 Å². The van der Waals surface area contributed by atoms with E-state index in [1.54, 1.807) is 23.7 Å². The fraction of sp³-hybridized carbons (Fsp3) is 0.429. The monoisotopic (exact) mass is 518 g/mol. The third-order valence-electron chi connectivity index (χ3n) is 7.54. The predicted molar refractivity (Wildman–Crippen MR) is 147 cm³/mol. The van der Waals surface area contributed by atoms with Crippen molar-refractivity contribution in [3.63, 3.8) is 0 Å². The van der Waals surface area contributed by atoms with E-state index < -0.39 is 0 Å². The molecule has 0 unspecified atom stereocenters. The number of nitrogens with zero attached hydrogens (tertiary/aromatic N) is 4. The van der Waals surface area contributed by atoms with Crippen molar-refractivity contribution >= 4 is 28.8 Å². The summed E-state index contributed by atoms with van der Waals surface area (Å²) in [7, 11) is 0. The second kappa shape index (κ2) is 11.0. The number of thiophene rings is 1. The van der Waals surface area contributed by atoms with Gasteiger partial charge < -0.3 is 20.9 Å². The Bertz CT molecular complexity index is 1230. The summed E-state index contributed by atoms with van der Waals surface area (Å²) in [4.78, 5) is 39.9. The number of carbonyl (C=O) groups is 2. The van der Waals surface area contributed by atoms with Gasteiger partial charge in [-0.05, 0) is 53.0 Å². The Morgan fingerprint density at radius 2 is 1.76 bits per heavy atom. The number of piperazine rings is 1. The lowest BCUT2D eigenvalue weighted by atomic mass is 9.77. The lowest BCUT2D eigenvalue weighted by Gasteiger charge is -2.41. The van der Waals surface area contributed by atoms with Gasteiger partial charge in [-0.3, -0.25) is 4.79 Å². The zero-order valence-corrected chi connectivity index (χ0v) is 22.1. The Morgan fingerprint density at radius 3 is 2.43 bits per heavy atom. The molecule has 194 valence electrons. The lowest BCUT2D eigenvalue weighted by Crippen LogP contribution is -2.54. The van der Waals surface area contributed by atoms with E-state index in [2.05, 4.69) is 28.3 Å². The van der Waals surface area contributed by atoms with Crippen molar-refractivity contribution in [2.75, 3.05) is 45.0 Å². The standard InChI is InChI=1S/C28H34N6O2S/c1-28(6-10-33(11-7-28)27(36)34-12-8-30-9-13-34)17-26-31-18-22(19-32-26)24(35)16-21-15-20(4-5-23(21)29)25-3-2-14-37-25/h2-5,14-15,18-19,30H,6-13,16-17,29H2,1H3. The molecular formula is C28H34N6O2S. The fourth-order valence-corrected chi connectivity index (χ4v) is 5.80. The van der Waals surface area contributed by atoms with Crippen molar-refractivity contribution in [3.05, 3.63) is 65.1 Å². The number of rotatable bonds is 6. The number of nitrogens with two attached hydrogens (primary N) is 1. The van der Waals surface area contributed by atoms with Crippen LogP contribution in [-0.2, 0) is 12.8 Å². The molecule has 2 aliphatic heterocycles. The highest BCUT2D eigenvalue weighted by Crippen LogP contribution is 2.34. The van der Waals surface area contributed by atoms with Crippen molar-refractivity contribution in [2.24, 2.45) is 5.41 Å². The Hall–Kier alpha value is -3.30. The van der Waals surface area contributed by atoms with Gasteiger partial charge in [0.15, 0.2) is 5.78 Å². The highest BCUT2D eigenvalue weighted by molar-refractivity contribution is 7.13. The number of Topliss-reactive ketones (excluding diaryl/α,β-unsaturated/α-hetero) is 1. The number of likely N-dealkylation sites (tertiary alicyclic amines) is 1. The molecule has 5 rings (SSSR count). The zero-order chi connectivity index (χ0) is 25.8. The predicted octanol–water partition coefficient (Wildman–Crippen LogP) is 3.88. The molecular weight excluding hydrogens is 484 g/mol. The van der Waals surface area contributed by atoms with Crippen LogP contribution in [0.25, 0.3) is 10.4 Å². The molecule has 0 radical (unpaired) electrons. The maximum absolute atomic E-state index is 13.0. The van der Waals surface area contributed by atoms with Crippen LogP contribution in [0.2, 0.25) is 0 Å². The molecule has 9 heteroatoms. The Kier molecular flexibility index (Phi) is 7.53. The van der Waals surface area contributed by atoms with Gasteiger partial charge in [-0.15, -0.1) is 11.3 Å². The van der Waals surface area contributed by atoms with Crippen LogP contribution < -0.4 is 11.1 Å². The van der Waals surface area contributed by atoms with Gasteiger partial charge in [0.25, 0.3) is 0 Å². The van der Waals surface area contributed by atoms with Gasteiger partial charge in [0.05, 0.1) is 5.56 Å². The van der Waals surface area contributed by atoms with E-state index in [4.69, 9.17) is 5.73 Å². The van der Waals surface area contributed by atoms with E-state index in [0.717, 1.165) is 80.4 Å². The third-order valence-corrected chi connectivity index (χ3v) is 8.46. The molecule has 37 heavy (non-hydrogen) atoms. The van der Waals surface area contributed by atoms with Crippen molar-refractivity contribution in [1.82, 2.24) is 25.1 Å². The first-order chi connectivity index (χ1) is 17.9. The van der Waals surface area contributed by atoms with Crippen LogP contribution in [0.5, 0.6) is 0 Å². The molecule has 0 aliphatic carbocycles. The largest absolute Gasteiger partial charge is 0.398 e. The number of nitrogen functional groups attached to an aromatic ring is 1. The summed E-state index contributed by atoms with van der Waals surface area (Å²) in [6.07, 6.45) is 6.03. The molecule has 2 aromatic heterocycles. The molecule has 3 aromatic rings. The number of ketones is 1. The summed E-state index contributed by atoms with van der Waals surface area (Å²) in [5.41, 5.74) is 9.18. The number of piperidine rings is 1. The van der Waals surface area contributed by atoms with E-state index in [-0.39, 0.29) is 23.7 Å². The topological polar surface area (TPSA) is 104 Å². The number of hydrogen-bond acceptors (Lipinski definition) is 7. The summed E-state index contributed by atoms with van der Waals surface area (Å²) in [5, 5.41) is 5.33. The summed E-state index contributed by atoms with van der Waals surface area (Å²) >= 11 is 1.66. The number of benzene rings is 1. The van der Waals surface area contributed by atoms with Gasteiger partial charge in [-0.1, -0.05) is 19.1 Å². The van der Waals surface area contributed by atoms with Crippen LogP contribution >= 0.6 is 11.3 Å².